The van der Waals surface area contributed by atoms with Gasteiger partial charge in [0.1, 0.15) is 0 Å². The Bertz CT molecular complexity index is 332. The summed E-state index contributed by atoms with van der Waals surface area (Å²) in [5, 5.41) is 13.1. The smallest absolute Gasteiger partial charge is 0.0764 e. The molecule has 1 aliphatic rings. The second-order valence-corrected chi connectivity index (χ2v) is 4.55. The van der Waals surface area contributed by atoms with Crippen LogP contribution in [0, 0.1) is 0 Å². The van der Waals surface area contributed by atoms with Gasteiger partial charge in [-0.2, -0.15) is 5.10 Å². The van der Waals surface area contributed by atoms with Crippen molar-refractivity contribution in [2.75, 3.05) is 26.3 Å². The number of hydrogen-bond acceptors (Lipinski definition) is 4. The van der Waals surface area contributed by atoms with Crippen molar-refractivity contribution < 1.29 is 9.84 Å². The maximum atomic E-state index is 8.70. The van der Waals surface area contributed by atoms with Crippen LogP contribution in [0.5, 0.6) is 0 Å². The highest BCUT2D eigenvalue weighted by Gasteiger charge is 2.19. The van der Waals surface area contributed by atoms with Crippen LogP contribution in [0.2, 0.25) is 0 Å². The number of ether oxygens (including phenoxy) is 1. The SMILES string of the molecule is Cn1ccc(CN2CCC(OCCO)CC2)n1. The second-order valence-electron chi connectivity index (χ2n) is 4.55. The van der Waals surface area contributed by atoms with Crippen LogP contribution in [0.15, 0.2) is 12.3 Å². The zero-order valence-corrected chi connectivity index (χ0v) is 10.4. The van der Waals surface area contributed by atoms with Gasteiger partial charge in [0.2, 0.25) is 0 Å². The third-order valence-corrected chi connectivity index (χ3v) is 3.13. The number of aryl methyl sites for hydroxylation is 1. The fourth-order valence-electron chi connectivity index (χ4n) is 2.23. The Morgan fingerprint density at radius 1 is 1.47 bits per heavy atom. The lowest BCUT2D eigenvalue weighted by Gasteiger charge is -2.31. The molecule has 0 radical (unpaired) electrons. The second kappa shape index (κ2) is 6.14. The van der Waals surface area contributed by atoms with E-state index in [1.54, 1.807) is 0 Å². The van der Waals surface area contributed by atoms with Crippen LogP contribution >= 0.6 is 0 Å². The first kappa shape index (κ1) is 12.5. The van der Waals surface area contributed by atoms with Crippen LogP contribution in [0.3, 0.4) is 0 Å². The first-order chi connectivity index (χ1) is 8.28. The van der Waals surface area contributed by atoms with Gasteiger partial charge >= 0.3 is 0 Å². The summed E-state index contributed by atoms with van der Waals surface area (Å²) in [7, 11) is 1.94. The van der Waals surface area contributed by atoms with Crippen molar-refractivity contribution in [3.05, 3.63) is 18.0 Å². The first-order valence-electron chi connectivity index (χ1n) is 6.21. The zero-order valence-electron chi connectivity index (χ0n) is 10.4. The number of aliphatic hydroxyl groups is 1. The molecule has 96 valence electrons. The molecule has 1 aromatic rings. The Morgan fingerprint density at radius 3 is 2.82 bits per heavy atom. The van der Waals surface area contributed by atoms with Gasteiger partial charge in [0, 0.05) is 32.9 Å². The molecule has 1 saturated heterocycles. The van der Waals surface area contributed by atoms with Crippen LogP contribution in [-0.4, -0.2) is 52.2 Å². The number of nitrogens with zero attached hydrogens (tertiary/aromatic N) is 3. The number of piperidine rings is 1. The van der Waals surface area contributed by atoms with Crippen molar-refractivity contribution in [3.8, 4) is 0 Å². The molecule has 1 aromatic heterocycles. The largest absolute Gasteiger partial charge is 0.394 e. The van der Waals surface area contributed by atoms with Crippen molar-refractivity contribution >= 4 is 0 Å². The van der Waals surface area contributed by atoms with E-state index in [0.717, 1.165) is 38.2 Å². The predicted molar refractivity (Wildman–Crippen MR) is 64.5 cm³/mol. The summed E-state index contributed by atoms with van der Waals surface area (Å²) in [5.74, 6) is 0. The van der Waals surface area contributed by atoms with Gasteiger partial charge in [0.25, 0.3) is 0 Å². The predicted octanol–water partition coefficient (Wildman–Crippen LogP) is 0.393. The number of rotatable bonds is 5. The monoisotopic (exact) mass is 239 g/mol. The van der Waals surface area contributed by atoms with E-state index in [-0.39, 0.29) is 6.61 Å². The Labute approximate surface area is 102 Å². The van der Waals surface area contributed by atoms with Crippen molar-refractivity contribution in [2.24, 2.45) is 7.05 Å². The highest BCUT2D eigenvalue weighted by atomic mass is 16.5. The van der Waals surface area contributed by atoms with Crippen molar-refractivity contribution in [2.45, 2.75) is 25.5 Å². The number of aliphatic hydroxyl groups excluding tert-OH is 1. The van der Waals surface area contributed by atoms with Crippen molar-refractivity contribution in [3.63, 3.8) is 0 Å². The average Bonchev–Trinajstić information content (AvgIpc) is 2.74. The van der Waals surface area contributed by atoms with Crippen LogP contribution in [0.25, 0.3) is 0 Å². The lowest BCUT2D eigenvalue weighted by molar-refractivity contribution is -0.00920. The maximum absolute atomic E-state index is 8.70. The lowest BCUT2D eigenvalue weighted by atomic mass is 10.1. The van der Waals surface area contributed by atoms with Gasteiger partial charge in [0.15, 0.2) is 0 Å². The first-order valence-corrected chi connectivity index (χ1v) is 6.21. The summed E-state index contributed by atoms with van der Waals surface area (Å²) in [5.41, 5.74) is 1.13. The normalized spacial score (nSPS) is 18.7. The zero-order chi connectivity index (χ0) is 12.1. The van der Waals surface area contributed by atoms with Crippen LogP contribution in [0.1, 0.15) is 18.5 Å². The molecule has 2 rings (SSSR count). The molecule has 5 heteroatoms. The van der Waals surface area contributed by atoms with Crippen molar-refractivity contribution in [1.29, 1.82) is 0 Å². The molecule has 1 fully saturated rings. The Hall–Kier alpha value is -0.910. The van der Waals surface area contributed by atoms with Crippen LogP contribution < -0.4 is 0 Å². The summed E-state index contributed by atoms with van der Waals surface area (Å²) >= 11 is 0. The van der Waals surface area contributed by atoms with E-state index in [0.29, 0.717) is 12.7 Å². The summed E-state index contributed by atoms with van der Waals surface area (Å²) in [6, 6.07) is 2.06. The van der Waals surface area contributed by atoms with E-state index in [9.17, 15) is 0 Å². The summed E-state index contributed by atoms with van der Waals surface area (Å²) in [6.45, 7) is 3.60. The van der Waals surface area contributed by atoms with Gasteiger partial charge in [-0.15, -0.1) is 0 Å². The molecule has 1 N–H and O–H groups in total. The minimum atomic E-state index is 0.119. The van der Waals surface area contributed by atoms with Gasteiger partial charge in [-0.05, 0) is 18.9 Å². The molecule has 0 unspecified atom stereocenters. The van der Waals surface area contributed by atoms with Crippen molar-refractivity contribution in [1.82, 2.24) is 14.7 Å². The molecule has 2 heterocycles. The fraction of sp³-hybridized carbons (Fsp3) is 0.750. The number of hydrogen-bond donors (Lipinski definition) is 1. The Morgan fingerprint density at radius 2 is 2.24 bits per heavy atom. The minimum absolute atomic E-state index is 0.119. The summed E-state index contributed by atoms with van der Waals surface area (Å²) < 4.78 is 7.38. The van der Waals surface area contributed by atoms with Crippen LogP contribution in [-0.2, 0) is 18.3 Å². The molecule has 5 nitrogen and oxygen atoms in total. The van der Waals surface area contributed by atoms with E-state index in [4.69, 9.17) is 9.84 Å². The van der Waals surface area contributed by atoms with Gasteiger partial charge in [-0.3, -0.25) is 9.58 Å². The summed E-state index contributed by atoms with van der Waals surface area (Å²) in [6.07, 6.45) is 4.40. The molecule has 0 aromatic carbocycles. The highest BCUT2D eigenvalue weighted by molar-refractivity contribution is 4.98. The Kier molecular flexibility index (Phi) is 4.53. The lowest BCUT2D eigenvalue weighted by Crippen LogP contribution is -2.37. The van der Waals surface area contributed by atoms with Gasteiger partial charge in [0.05, 0.1) is 25.0 Å². The van der Waals surface area contributed by atoms with E-state index < -0.39 is 0 Å². The molecule has 0 saturated carbocycles. The fourth-order valence-corrected chi connectivity index (χ4v) is 2.23. The molecule has 1 aliphatic heterocycles. The van der Waals surface area contributed by atoms with E-state index in [1.807, 2.05) is 17.9 Å². The number of aromatic nitrogens is 2. The highest BCUT2D eigenvalue weighted by Crippen LogP contribution is 2.15. The summed E-state index contributed by atoms with van der Waals surface area (Å²) in [4.78, 5) is 2.40. The van der Waals surface area contributed by atoms with E-state index >= 15 is 0 Å². The molecule has 0 amide bonds. The molecule has 0 aliphatic carbocycles. The molecular formula is C12H21N3O2. The molecule has 0 bridgehead atoms. The van der Waals surface area contributed by atoms with Crippen LogP contribution in [0.4, 0.5) is 0 Å². The molecule has 0 atom stereocenters. The molecule has 17 heavy (non-hydrogen) atoms. The van der Waals surface area contributed by atoms with E-state index in [1.165, 1.54) is 0 Å². The van der Waals surface area contributed by atoms with Gasteiger partial charge in [-0.25, -0.2) is 0 Å². The third kappa shape index (κ3) is 3.80. The minimum Gasteiger partial charge on any atom is -0.394 e. The topological polar surface area (TPSA) is 50.5 Å². The molecular weight excluding hydrogens is 218 g/mol. The standard InChI is InChI=1S/C12H21N3O2/c1-14-5-2-11(13-14)10-15-6-3-12(4-7-15)17-9-8-16/h2,5,12,16H,3-4,6-10H2,1H3. The average molecular weight is 239 g/mol. The Balaban J connectivity index is 1.72. The maximum Gasteiger partial charge on any atom is 0.0764 e. The van der Waals surface area contributed by atoms with E-state index in [2.05, 4.69) is 16.1 Å². The number of likely N-dealkylation sites (tertiary alicyclic amines) is 1. The quantitative estimate of drug-likeness (QED) is 0.808. The van der Waals surface area contributed by atoms with Gasteiger partial charge in [-0.1, -0.05) is 0 Å². The van der Waals surface area contributed by atoms with Gasteiger partial charge < -0.3 is 9.84 Å². The third-order valence-electron chi connectivity index (χ3n) is 3.13. The molecule has 0 spiro atoms.